The number of likely N-dealkylation sites (tertiary alicyclic amines) is 1. The van der Waals surface area contributed by atoms with Gasteiger partial charge >= 0.3 is 0 Å². The van der Waals surface area contributed by atoms with Crippen molar-refractivity contribution in [3.05, 3.63) is 29.8 Å². The van der Waals surface area contributed by atoms with Gasteiger partial charge in [-0.05, 0) is 44.7 Å². The van der Waals surface area contributed by atoms with Crippen molar-refractivity contribution in [3.63, 3.8) is 0 Å². The monoisotopic (exact) mass is 394 g/mol. The number of benzene rings is 1. The smallest absolute Gasteiger partial charge is 0.278 e. The molecule has 6 nitrogen and oxygen atoms in total. The molecule has 1 N–H and O–H groups in total. The van der Waals surface area contributed by atoms with Gasteiger partial charge in [0.15, 0.2) is 6.54 Å². The molecule has 1 atom stereocenters. The number of nitrogens with one attached hydrogen (secondary N) is 1. The summed E-state index contributed by atoms with van der Waals surface area (Å²) in [6.07, 6.45) is 4.44. The number of rotatable bonds is 5. The minimum Gasteiger partial charge on any atom is -0.335 e. The maximum Gasteiger partial charge on any atom is 0.278 e. The van der Waals surface area contributed by atoms with Crippen LogP contribution in [0.1, 0.15) is 38.2 Å². The first-order chi connectivity index (χ1) is 12.9. The molecule has 3 rings (SSSR count). The quantitative estimate of drug-likeness (QED) is 0.799. The van der Waals surface area contributed by atoms with Gasteiger partial charge in [0.1, 0.15) is 0 Å². The van der Waals surface area contributed by atoms with Gasteiger partial charge in [-0.25, -0.2) is 8.42 Å². The number of carbonyl (C=O) groups is 1. The number of piperazine rings is 1. The molecule has 7 heteroatoms. The Balaban J connectivity index is 1.55. The average molecular weight is 395 g/mol. The predicted molar refractivity (Wildman–Crippen MR) is 105 cm³/mol. The van der Waals surface area contributed by atoms with Gasteiger partial charge in [0.2, 0.25) is 10.0 Å². The van der Waals surface area contributed by atoms with Crippen LogP contribution in [-0.2, 0) is 14.8 Å². The minimum absolute atomic E-state index is 0.228. The molecule has 0 radical (unpaired) electrons. The van der Waals surface area contributed by atoms with Gasteiger partial charge in [-0.15, -0.1) is 0 Å². The Morgan fingerprint density at radius 2 is 1.78 bits per heavy atom. The summed E-state index contributed by atoms with van der Waals surface area (Å²) in [7, 11) is -3.44. The molecule has 0 saturated carbocycles. The lowest BCUT2D eigenvalue weighted by molar-refractivity contribution is -0.896. The molecule has 0 aliphatic carbocycles. The lowest BCUT2D eigenvalue weighted by Crippen LogP contribution is -3.15. The van der Waals surface area contributed by atoms with Crippen molar-refractivity contribution in [3.8, 4) is 0 Å². The molecule has 2 aliphatic heterocycles. The van der Waals surface area contributed by atoms with Gasteiger partial charge in [0.05, 0.1) is 31.1 Å². The van der Waals surface area contributed by atoms with Crippen molar-refractivity contribution in [2.24, 2.45) is 0 Å². The number of piperidine rings is 1. The largest absolute Gasteiger partial charge is 0.335 e. The third kappa shape index (κ3) is 4.70. The predicted octanol–water partition coefficient (Wildman–Crippen LogP) is 0.675. The Kier molecular flexibility index (Phi) is 6.55. The molecule has 0 aromatic heterocycles. The van der Waals surface area contributed by atoms with E-state index in [1.807, 2.05) is 19.1 Å². The number of amides is 1. The van der Waals surface area contributed by atoms with Crippen molar-refractivity contribution >= 4 is 15.9 Å². The molecule has 0 spiro atoms. The van der Waals surface area contributed by atoms with Crippen LogP contribution in [0.3, 0.4) is 0 Å². The molecule has 27 heavy (non-hydrogen) atoms. The number of hydrogen-bond donors (Lipinski definition) is 1. The van der Waals surface area contributed by atoms with Gasteiger partial charge in [-0.1, -0.05) is 24.6 Å². The zero-order valence-corrected chi connectivity index (χ0v) is 17.3. The van der Waals surface area contributed by atoms with Crippen molar-refractivity contribution in [1.82, 2.24) is 9.21 Å². The highest BCUT2D eigenvalue weighted by molar-refractivity contribution is 7.89. The number of sulfonamides is 1. The van der Waals surface area contributed by atoms with E-state index in [9.17, 15) is 13.2 Å². The molecule has 2 heterocycles. The number of hydrogen-bond acceptors (Lipinski definition) is 3. The van der Waals surface area contributed by atoms with Crippen LogP contribution in [-0.4, -0.2) is 68.8 Å². The Bertz CT molecular complexity index is 740. The Morgan fingerprint density at radius 3 is 2.41 bits per heavy atom. The number of quaternary nitrogens is 1. The van der Waals surface area contributed by atoms with E-state index in [2.05, 4.69) is 11.8 Å². The van der Waals surface area contributed by atoms with E-state index in [0.717, 1.165) is 31.4 Å². The fourth-order valence-corrected chi connectivity index (χ4v) is 5.59. The first kappa shape index (κ1) is 20.3. The Hall–Kier alpha value is -1.44. The summed E-state index contributed by atoms with van der Waals surface area (Å²) < 4.78 is 27.2. The summed E-state index contributed by atoms with van der Waals surface area (Å²) in [5.41, 5.74) is 1.05. The van der Waals surface area contributed by atoms with Crippen molar-refractivity contribution in [1.29, 1.82) is 0 Å². The molecule has 0 bridgehead atoms. The van der Waals surface area contributed by atoms with Crippen LogP contribution in [0.5, 0.6) is 0 Å². The normalized spacial score (nSPS) is 22.7. The van der Waals surface area contributed by atoms with E-state index in [1.165, 1.54) is 11.3 Å². The summed E-state index contributed by atoms with van der Waals surface area (Å²) in [5.74, 6) is 0.228. The third-order valence-corrected chi connectivity index (χ3v) is 7.82. The molecular weight excluding hydrogens is 362 g/mol. The first-order valence-electron chi connectivity index (χ1n) is 10.1. The zero-order chi connectivity index (χ0) is 19.4. The molecule has 1 aromatic carbocycles. The molecule has 0 unspecified atom stereocenters. The summed E-state index contributed by atoms with van der Waals surface area (Å²) in [5, 5.41) is 0. The minimum atomic E-state index is -3.44. The maximum atomic E-state index is 12.8. The highest BCUT2D eigenvalue weighted by Crippen LogP contribution is 2.19. The molecule has 1 aromatic rings. The molecule has 2 aliphatic rings. The van der Waals surface area contributed by atoms with Gasteiger partial charge in [-0.2, -0.15) is 4.31 Å². The highest BCUT2D eigenvalue weighted by atomic mass is 32.2. The average Bonchev–Trinajstić information content (AvgIpc) is 2.68. The van der Waals surface area contributed by atoms with Crippen molar-refractivity contribution in [2.75, 3.05) is 39.3 Å². The fraction of sp³-hybridized carbons (Fsp3) is 0.650. The van der Waals surface area contributed by atoms with Crippen LogP contribution in [0.15, 0.2) is 29.2 Å². The standard InChI is InChI=1S/C20H31N3O3S/c1-3-18-6-4-5-11-23(18)20(24)16-21-12-14-22(15-13-21)27(25,26)19-9-7-17(2)8-10-19/h7-10,18H,3-6,11-16H2,1-2H3/p+1/t18-/m0/s1. The number of nitrogens with zero attached hydrogens (tertiary/aromatic N) is 2. The summed E-state index contributed by atoms with van der Waals surface area (Å²) >= 11 is 0. The number of carbonyl (C=O) groups excluding carboxylic acids is 1. The lowest BCUT2D eigenvalue weighted by Gasteiger charge is -2.37. The summed E-state index contributed by atoms with van der Waals surface area (Å²) in [6, 6.07) is 7.39. The third-order valence-electron chi connectivity index (χ3n) is 5.91. The zero-order valence-electron chi connectivity index (χ0n) is 16.5. The van der Waals surface area contributed by atoms with Gasteiger partial charge in [-0.3, -0.25) is 4.79 Å². The van der Waals surface area contributed by atoms with E-state index in [-0.39, 0.29) is 5.91 Å². The first-order valence-corrected chi connectivity index (χ1v) is 11.6. The SMILES string of the molecule is CC[C@H]1CCCCN1C(=O)C[NH+]1CCN(S(=O)(=O)c2ccc(C)cc2)CC1. The fourth-order valence-electron chi connectivity index (χ4n) is 4.15. The summed E-state index contributed by atoms with van der Waals surface area (Å²) in [4.78, 5) is 16.3. The van der Waals surface area contributed by atoms with Crippen LogP contribution >= 0.6 is 0 Å². The second-order valence-corrected chi connectivity index (χ2v) is 9.73. The van der Waals surface area contributed by atoms with E-state index in [1.54, 1.807) is 16.4 Å². The molecular formula is C20H32N3O3S+. The maximum absolute atomic E-state index is 12.8. The van der Waals surface area contributed by atoms with Crippen molar-refractivity contribution < 1.29 is 18.1 Å². The molecule has 2 fully saturated rings. The molecule has 2 saturated heterocycles. The second-order valence-electron chi connectivity index (χ2n) is 7.79. The lowest BCUT2D eigenvalue weighted by atomic mass is 10.00. The van der Waals surface area contributed by atoms with Gasteiger partial charge in [0, 0.05) is 12.6 Å². The van der Waals surface area contributed by atoms with Crippen molar-refractivity contribution in [2.45, 2.75) is 50.5 Å². The van der Waals surface area contributed by atoms with E-state index >= 15 is 0 Å². The topological polar surface area (TPSA) is 62.1 Å². The van der Waals surface area contributed by atoms with Crippen LogP contribution in [0.25, 0.3) is 0 Å². The van der Waals surface area contributed by atoms with E-state index in [0.29, 0.717) is 43.7 Å². The summed E-state index contributed by atoms with van der Waals surface area (Å²) in [6.45, 7) is 7.75. The van der Waals surface area contributed by atoms with Crippen LogP contribution < -0.4 is 4.90 Å². The van der Waals surface area contributed by atoms with Gasteiger partial charge in [0.25, 0.3) is 5.91 Å². The van der Waals surface area contributed by atoms with Crippen LogP contribution in [0.4, 0.5) is 0 Å². The molecule has 1 amide bonds. The Morgan fingerprint density at radius 1 is 1.11 bits per heavy atom. The van der Waals surface area contributed by atoms with Crippen LogP contribution in [0, 0.1) is 6.92 Å². The van der Waals surface area contributed by atoms with E-state index < -0.39 is 10.0 Å². The molecule has 150 valence electrons. The second kappa shape index (κ2) is 8.71. The van der Waals surface area contributed by atoms with Gasteiger partial charge < -0.3 is 9.80 Å². The Labute approximate surface area is 163 Å². The highest BCUT2D eigenvalue weighted by Gasteiger charge is 2.33. The van der Waals surface area contributed by atoms with Crippen LogP contribution in [0.2, 0.25) is 0 Å². The van der Waals surface area contributed by atoms with E-state index in [4.69, 9.17) is 0 Å². The number of aryl methyl sites for hydroxylation is 1.